The third-order valence-electron chi connectivity index (χ3n) is 2.32. The van der Waals surface area contributed by atoms with E-state index in [0.29, 0.717) is 29.1 Å². The Bertz CT molecular complexity index is 572. The highest BCUT2D eigenvalue weighted by Crippen LogP contribution is 2.29. The normalized spacial score (nSPS) is 10.0. The van der Waals surface area contributed by atoms with Crippen molar-refractivity contribution >= 4 is 16.6 Å². The van der Waals surface area contributed by atoms with Gasteiger partial charge in [0.15, 0.2) is 0 Å². The van der Waals surface area contributed by atoms with Crippen LogP contribution in [0.4, 0.5) is 5.69 Å². The summed E-state index contributed by atoms with van der Waals surface area (Å²) in [6, 6.07) is 7.52. The summed E-state index contributed by atoms with van der Waals surface area (Å²) < 4.78 is 5.45. The molecule has 2 rings (SSSR count). The lowest BCUT2D eigenvalue weighted by Crippen LogP contribution is -1.97. The van der Waals surface area contributed by atoms with Crippen molar-refractivity contribution in [2.75, 3.05) is 12.3 Å². The second-order valence-corrected chi connectivity index (χ2v) is 3.28. The Kier molecular flexibility index (Phi) is 2.61. The van der Waals surface area contributed by atoms with Gasteiger partial charge in [-0.05, 0) is 13.0 Å². The molecular formula is C12H11N3O. The quantitative estimate of drug-likeness (QED) is 0.829. The lowest BCUT2D eigenvalue weighted by molar-refractivity contribution is 0.343. The van der Waals surface area contributed by atoms with E-state index in [1.165, 1.54) is 6.20 Å². The first-order valence-electron chi connectivity index (χ1n) is 4.98. The highest BCUT2D eigenvalue weighted by atomic mass is 16.5. The predicted molar refractivity (Wildman–Crippen MR) is 62.0 cm³/mol. The molecule has 2 aromatic rings. The van der Waals surface area contributed by atoms with Crippen LogP contribution < -0.4 is 10.5 Å². The van der Waals surface area contributed by atoms with Crippen LogP contribution in [0.15, 0.2) is 24.4 Å². The Morgan fingerprint density at radius 3 is 3.00 bits per heavy atom. The average Bonchev–Trinajstić information content (AvgIpc) is 2.31. The Morgan fingerprint density at radius 1 is 1.50 bits per heavy atom. The van der Waals surface area contributed by atoms with Crippen LogP contribution in [0.1, 0.15) is 12.5 Å². The van der Waals surface area contributed by atoms with Crippen LogP contribution in [0, 0.1) is 11.3 Å². The first kappa shape index (κ1) is 10.2. The summed E-state index contributed by atoms with van der Waals surface area (Å²) in [4.78, 5) is 4.20. The van der Waals surface area contributed by atoms with Gasteiger partial charge in [0.1, 0.15) is 17.3 Å². The Labute approximate surface area is 93.3 Å². The number of benzene rings is 1. The van der Waals surface area contributed by atoms with Crippen molar-refractivity contribution in [1.29, 1.82) is 5.26 Å². The molecule has 0 saturated heterocycles. The zero-order valence-electron chi connectivity index (χ0n) is 8.90. The highest BCUT2D eigenvalue weighted by Gasteiger charge is 2.08. The lowest BCUT2D eigenvalue weighted by atomic mass is 10.1. The molecule has 0 spiro atoms. The van der Waals surface area contributed by atoms with E-state index in [0.717, 1.165) is 5.39 Å². The van der Waals surface area contributed by atoms with Gasteiger partial charge in [0.2, 0.25) is 0 Å². The number of hydrogen-bond donors (Lipinski definition) is 1. The van der Waals surface area contributed by atoms with Gasteiger partial charge in [-0.1, -0.05) is 12.1 Å². The Hall–Kier alpha value is -2.28. The molecule has 0 radical (unpaired) electrons. The van der Waals surface area contributed by atoms with Gasteiger partial charge in [0.25, 0.3) is 0 Å². The summed E-state index contributed by atoms with van der Waals surface area (Å²) in [6.45, 7) is 2.48. The van der Waals surface area contributed by atoms with E-state index in [4.69, 9.17) is 15.7 Å². The van der Waals surface area contributed by atoms with Crippen LogP contribution in [-0.2, 0) is 0 Å². The molecule has 16 heavy (non-hydrogen) atoms. The second-order valence-electron chi connectivity index (χ2n) is 3.28. The highest BCUT2D eigenvalue weighted by molar-refractivity contribution is 5.95. The smallest absolute Gasteiger partial charge is 0.145 e. The Balaban J connectivity index is 2.73. The molecular weight excluding hydrogens is 202 g/mol. The van der Waals surface area contributed by atoms with E-state index in [-0.39, 0.29) is 0 Å². The number of nitrogens with zero attached hydrogens (tertiary/aromatic N) is 2. The molecule has 4 heteroatoms. The second kappa shape index (κ2) is 4.07. The number of para-hydroxylation sites is 1. The van der Waals surface area contributed by atoms with Crippen LogP contribution in [0.5, 0.6) is 5.75 Å². The van der Waals surface area contributed by atoms with Gasteiger partial charge in [-0.3, -0.25) is 4.98 Å². The molecule has 0 atom stereocenters. The van der Waals surface area contributed by atoms with E-state index in [2.05, 4.69) is 4.98 Å². The molecule has 0 aliphatic heterocycles. The van der Waals surface area contributed by atoms with Gasteiger partial charge in [0, 0.05) is 11.6 Å². The first-order chi connectivity index (χ1) is 7.77. The minimum Gasteiger partial charge on any atom is -0.492 e. The average molecular weight is 213 g/mol. The zero-order valence-corrected chi connectivity index (χ0v) is 8.90. The number of hydrogen-bond acceptors (Lipinski definition) is 4. The molecule has 4 nitrogen and oxygen atoms in total. The molecule has 1 aromatic heterocycles. The number of aromatic nitrogens is 1. The topological polar surface area (TPSA) is 71.9 Å². The molecule has 0 aliphatic rings. The largest absolute Gasteiger partial charge is 0.492 e. The molecule has 0 unspecified atom stereocenters. The van der Waals surface area contributed by atoms with Crippen molar-refractivity contribution < 1.29 is 4.74 Å². The maximum atomic E-state index is 8.85. The molecule has 80 valence electrons. The van der Waals surface area contributed by atoms with Crippen LogP contribution in [-0.4, -0.2) is 11.6 Å². The number of nitrogens with two attached hydrogens (primary N) is 1. The van der Waals surface area contributed by atoms with Crippen molar-refractivity contribution in [2.45, 2.75) is 6.92 Å². The SMILES string of the molecule is CCOc1cccc2c(N)c(C#N)cnc12. The summed E-state index contributed by atoms with van der Waals surface area (Å²) in [5.74, 6) is 0.691. The predicted octanol–water partition coefficient (Wildman–Crippen LogP) is 2.09. The minimum atomic E-state index is 0.390. The molecule has 1 aromatic carbocycles. The van der Waals surface area contributed by atoms with Crippen molar-refractivity contribution in [3.63, 3.8) is 0 Å². The molecule has 1 heterocycles. The van der Waals surface area contributed by atoms with E-state index < -0.39 is 0 Å². The number of anilines is 1. The lowest BCUT2D eigenvalue weighted by Gasteiger charge is -2.08. The van der Waals surface area contributed by atoms with Crippen molar-refractivity contribution in [1.82, 2.24) is 4.98 Å². The van der Waals surface area contributed by atoms with Crippen LogP contribution >= 0.6 is 0 Å². The molecule has 0 bridgehead atoms. The van der Waals surface area contributed by atoms with Gasteiger partial charge in [0.05, 0.1) is 17.9 Å². The maximum Gasteiger partial charge on any atom is 0.145 e. The van der Waals surface area contributed by atoms with Crippen LogP contribution in [0.3, 0.4) is 0 Å². The third kappa shape index (κ3) is 1.52. The molecule has 0 amide bonds. The fraction of sp³-hybridized carbons (Fsp3) is 0.167. The summed E-state index contributed by atoms with van der Waals surface area (Å²) in [7, 11) is 0. The summed E-state index contributed by atoms with van der Waals surface area (Å²) in [5, 5.41) is 9.60. The van der Waals surface area contributed by atoms with Gasteiger partial charge in [-0.15, -0.1) is 0 Å². The van der Waals surface area contributed by atoms with E-state index in [1.54, 1.807) is 0 Å². The van der Waals surface area contributed by atoms with E-state index >= 15 is 0 Å². The monoisotopic (exact) mass is 213 g/mol. The number of nitriles is 1. The molecule has 0 fully saturated rings. The van der Waals surface area contributed by atoms with Crippen molar-refractivity contribution in [3.05, 3.63) is 30.0 Å². The van der Waals surface area contributed by atoms with Crippen LogP contribution in [0.2, 0.25) is 0 Å². The van der Waals surface area contributed by atoms with Gasteiger partial charge in [-0.2, -0.15) is 5.26 Å². The maximum absolute atomic E-state index is 8.85. The minimum absolute atomic E-state index is 0.390. The zero-order chi connectivity index (χ0) is 11.5. The summed E-state index contributed by atoms with van der Waals surface area (Å²) in [5.41, 5.74) is 7.41. The van der Waals surface area contributed by atoms with Gasteiger partial charge < -0.3 is 10.5 Å². The Morgan fingerprint density at radius 2 is 2.31 bits per heavy atom. The number of ether oxygens (including phenoxy) is 1. The summed E-state index contributed by atoms with van der Waals surface area (Å²) in [6.07, 6.45) is 1.47. The fourth-order valence-corrected chi connectivity index (χ4v) is 1.58. The van der Waals surface area contributed by atoms with Crippen molar-refractivity contribution in [2.24, 2.45) is 0 Å². The summed E-state index contributed by atoms with van der Waals surface area (Å²) >= 11 is 0. The number of rotatable bonds is 2. The molecule has 0 saturated carbocycles. The number of nitrogen functional groups attached to an aromatic ring is 1. The standard InChI is InChI=1S/C12H11N3O/c1-2-16-10-5-3-4-9-11(14)8(6-13)7-15-12(9)10/h3-5,7H,2H2,1H3,(H2,14,15). The van der Waals surface area contributed by atoms with E-state index in [9.17, 15) is 0 Å². The van der Waals surface area contributed by atoms with Gasteiger partial charge >= 0.3 is 0 Å². The number of pyridine rings is 1. The third-order valence-corrected chi connectivity index (χ3v) is 2.32. The van der Waals surface area contributed by atoms with Crippen molar-refractivity contribution in [3.8, 4) is 11.8 Å². The molecule has 2 N–H and O–H groups in total. The first-order valence-corrected chi connectivity index (χ1v) is 4.98. The van der Waals surface area contributed by atoms with E-state index in [1.807, 2.05) is 31.2 Å². The van der Waals surface area contributed by atoms with Gasteiger partial charge in [-0.25, -0.2) is 0 Å². The molecule has 0 aliphatic carbocycles. The number of fused-ring (bicyclic) bond motifs is 1. The fourth-order valence-electron chi connectivity index (χ4n) is 1.58. The van der Waals surface area contributed by atoms with Crippen LogP contribution in [0.25, 0.3) is 10.9 Å².